The van der Waals surface area contributed by atoms with Crippen LogP contribution < -0.4 is 0 Å². The number of aromatic nitrogens is 3. The molecule has 114 valence electrons. The van der Waals surface area contributed by atoms with E-state index in [4.69, 9.17) is 8.83 Å². The Kier molecular flexibility index (Phi) is 3.88. The minimum atomic E-state index is 0.491. The highest BCUT2D eigenvalue weighted by Crippen LogP contribution is 2.29. The number of hydrogen-bond donors (Lipinski definition) is 0. The number of thioether (sulfide) groups is 1. The van der Waals surface area contributed by atoms with Crippen molar-refractivity contribution < 1.29 is 8.83 Å². The molecule has 0 aliphatic heterocycles. The summed E-state index contributed by atoms with van der Waals surface area (Å²) in [5, 5.41) is 8.76. The lowest BCUT2D eigenvalue weighted by molar-refractivity contribution is 0.486. The minimum absolute atomic E-state index is 0.491. The number of halogens is 1. The van der Waals surface area contributed by atoms with E-state index in [0.717, 1.165) is 21.1 Å². The normalized spacial score (nSPS) is 11.2. The molecule has 0 spiro atoms. The van der Waals surface area contributed by atoms with Gasteiger partial charge in [0.05, 0.1) is 11.3 Å². The first-order valence-electron chi connectivity index (χ1n) is 6.85. The van der Waals surface area contributed by atoms with Crippen LogP contribution in [0.4, 0.5) is 0 Å². The van der Waals surface area contributed by atoms with Crippen LogP contribution in [0.15, 0.2) is 67.1 Å². The highest BCUT2D eigenvalue weighted by molar-refractivity contribution is 9.10. The average Bonchev–Trinajstić information content (AvgIpc) is 3.19. The fourth-order valence-corrected chi connectivity index (χ4v) is 3.22. The third kappa shape index (κ3) is 3.02. The SMILES string of the molecule is Brc1ccccc1-c1nnc(CSc2nc3ccccc3o2)o1. The van der Waals surface area contributed by atoms with Crippen molar-refractivity contribution in [3.8, 4) is 11.5 Å². The third-order valence-electron chi connectivity index (χ3n) is 3.16. The zero-order valence-corrected chi connectivity index (χ0v) is 14.2. The summed E-state index contributed by atoms with van der Waals surface area (Å²) < 4.78 is 12.3. The Morgan fingerprint density at radius 3 is 2.65 bits per heavy atom. The van der Waals surface area contributed by atoms with Gasteiger partial charge in [0.25, 0.3) is 5.22 Å². The lowest BCUT2D eigenvalue weighted by atomic mass is 10.2. The van der Waals surface area contributed by atoms with Gasteiger partial charge in [0.15, 0.2) is 5.58 Å². The van der Waals surface area contributed by atoms with Gasteiger partial charge in [-0.25, -0.2) is 4.98 Å². The van der Waals surface area contributed by atoms with Crippen molar-refractivity contribution >= 4 is 38.8 Å². The monoisotopic (exact) mass is 387 g/mol. The van der Waals surface area contributed by atoms with Crippen molar-refractivity contribution in [2.75, 3.05) is 0 Å². The molecule has 0 bridgehead atoms. The van der Waals surface area contributed by atoms with Crippen molar-refractivity contribution in [3.05, 3.63) is 58.9 Å². The molecule has 0 radical (unpaired) electrons. The Morgan fingerprint density at radius 2 is 1.78 bits per heavy atom. The molecule has 0 unspecified atom stereocenters. The maximum absolute atomic E-state index is 5.70. The molecule has 2 aromatic carbocycles. The predicted molar refractivity (Wildman–Crippen MR) is 91.0 cm³/mol. The van der Waals surface area contributed by atoms with Gasteiger partial charge in [-0.05, 0) is 40.2 Å². The topological polar surface area (TPSA) is 65.0 Å². The molecule has 0 saturated heterocycles. The summed E-state index contributed by atoms with van der Waals surface area (Å²) in [5.74, 6) is 1.53. The quantitative estimate of drug-likeness (QED) is 0.462. The first-order chi connectivity index (χ1) is 11.3. The standard InChI is InChI=1S/C16H10BrN3O2S/c17-11-6-2-1-5-10(11)15-20-19-14(22-15)9-23-16-18-12-7-3-4-8-13(12)21-16/h1-8H,9H2. The molecule has 0 fully saturated rings. The summed E-state index contributed by atoms with van der Waals surface area (Å²) in [4.78, 5) is 4.41. The number of rotatable bonds is 4. The molecule has 4 rings (SSSR count). The van der Waals surface area contributed by atoms with E-state index in [0.29, 0.717) is 22.8 Å². The molecule has 0 amide bonds. The Hall–Kier alpha value is -2.12. The van der Waals surface area contributed by atoms with E-state index in [1.807, 2.05) is 48.5 Å². The fourth-order valence-electron chi connectivity index (χ4n) is 2.09. The van der Waals surface area contributed by atoms with Crippen LogP contribution in [0.25, 0.3) is 22.6 Å². The smallest absolute Gasteiger partial charge is 0.257 e. The molecule has 7 heteroatoms. The van der Waals surface area contributed by atoms with Gasteiger partial charge in [0, 0.05) is 4.47 Å². The first-order valence-corrected chi connectivity index (χ1v) is 8.63. The van der Waals surface area contributed by atoms with Gasteiger partial charge in [-0.15, -0.1) is 10.2 Å². The van der Waals surface area contributed by atoms with Crippen molar-refractivity contribution in [1.29, 1.82) is 0 Å². The zero-order valence-electron chi connectivity index (χ0n) is 11.8. The second kappa shape index (κ2) is 6.17. The van der Waals surface area contributed by atoms with Gasteiger partial charge < -0.3 is 8.83 Å². The van der Waals surface area contributed by atoms with Crippen molar-refractivity contribution in [2.45, 2.75) is 11.0 Å². The number of hydrogen-bond acceptors (Lipinski definition) is 6. The summed E-state index contributed by atoms with van der Waals surface area (Å²) in [5.41, 5.74) is 2.49. The van der Waals surface area contributed by atoms with E-state index in [1.54, 1.807) is 0 Å². The summed E-state index contributed by atoms with van der Waals surface area (Å²) in [6.07, 6.45) is 0. The molecular weight excluding hydrogens is 378 g/mol. The predicted octanol–water partition coefficient (Wildman–Crippen LogP) is 4.93. The van der Waals surface area contributed by atoms with E-state index in [9.17, 15) is 0 Å². The van der Waals surface area contributed by atoms with E-state index in [-0.39, 0.29) is 0 Å². The lowest BCUT2D eigenvalue weighted by Gasteiger charge is -1.97. The van der Waals surface area contributed by atoms with E-state index < -0.39 is 0 Å². The Morgan fingerprint density at radius 1 is 0.957 bits per heavy atom. The first kappa shape index (κ1) is 14.5. The van der Waals surface area contributed by atoms with Crippen LogP contribution in [0.1, 0.15) is 5.89 Å². The Bertz CT molecular complexity index is 934. The van der Waals surface area contributed by atoms with Gasteiger partial charge in [-0.3, -0.25) is 0 Å². The number of fused-ring (bicyclic) bond motifs is 1. The van der Waals surface area contributed by atoms with E-state index >= 15 is 0 Å². The number of para-hydroxylation sites is 2. The zero-order chi connectivity index (χ0) is 15.6. The Balaban J connectivity index is 1.51. The summed E-state index contributed by atoms with van der Waals surface area (Å²) in [7, 11) is 0. The molecule has 2 aromatic heterocycles. The van der Waals surface area contributed by atoms with Gasteiger partial charge >= 0.3 is 0 Å². The molecule has 0 saturated carbocycles. The fraction of sp³-hybridized carbons (Fsp3) is 0.0625. The summed E-state index contributed by atoms with van der Waals surface area (Å²) in [6, 6.07) is 15.4. The molecule has 23 heavy (non-hydrogen) atoms. The molecular formula is C16H10BrN3O2S. The third-order valence-corrected chi connectivity index (χ3v) is 4.67. The van der Waals surface area contributed by atoms with Crippen molar-refractivity contribution in [2.24, 2.45) is 0 Å². The molecule has 4 aromatic rings. The molecule has 0 N–H and O–H groups in total. The second-order valence-corrected chi connectivity index (χ2v) is 6.50. The van der Waals surface area contributed by atoms with Crippen LogP contribution in [-0.2, 0) is 5.75 Å². The van der Waals surface area contributed by atoms with Gasteiger partial charge in [0.2, 0.25) is 11.8 Å². The highest BCUT2D eigenvalue weighted by atomic mass is 79.9. The summed E-state index contributed by atoms with van der Waals surface area (Å²) >= 11 is 4.91. The minimum Gasteiger partial charge on any atom is -0.431 e. The van der Waals surface area contributed by atoms with E-state index in [1.165, 1.54) is 11.8 Å². The number of nitrogens with zero attached hydrogens (tertiary/aromatic N) is 3. The average molecular weight is 388 g/mol. The maximum atomic E-state index is 5.70. The molecule has 2 heterocycles. The van der Waals surface area contributed by atoms with Crippen molar-refractivity contribution in [3.63, 3.8) is 0 Å². The Labute approximate surface area is 144 Å². The van der Waals surface area contributed by atoms with Crippen LogP contribution in [0.3, 0.4) is 0 Å². The maximum Gasteiger partial charge on any atom is 0.257 e. The van der Waals surface area contributed by atoms with Crippen LogP contribution in [-0.4, -0.2) is 15.2 Å². The van der Waals surface area contributed by atoms with Crippen LogP contribution in [0.5, 0.6) is 0 Å². The molecule has 0 aliphatic carbocycles. The van der Waals surface area contributed by atoms with Crippen LogP contribution >= 0.6 is 27.7 Å². The van der Waals surface area contributed by atoms with Gasteiger partial charge in [-0.1, -0.05) is 36.0 Å². The highest BCUT2D eigenvalue weighted by Gasteiger charge is 2.13. The van der Waals surface area contributed by atoms with E-state index in [2.05, 4.69) is 31.1 Å². The van der Waals surface area contributed by atoms with Gasteiger partial charge in [0.1, 0.15) is 5.52 Å². The number of oxazole rings is 1. The summed E-state index contributed by atoms with van der Waals surface area (Å²) in [6.45, 7) is 0. The second-order valence-electron chi connectivity index (χ2n) is 4.72. The molecule has 0 aliphatic rings. The van der Waals surface area contributed by atoms with Crippen LogP contribution in [0.2, 0.25) is 0 Å². The van der Waals surface area contributed by atoms with Crippen molar-refractivity contribution in [1.82, 2.24) is 15.2 Å². The van der Waals surface area contributed by atoms with Crippen LogP contribution in [0, 0.1) is 0 Å². The molecule has 0 atom stereocenters. The largest absolute Gasteiger partial charge is 0.431 e. The lowest BCUT2D eigenvalue weighted by Crippen LogP contribution is -1.80. The van der Waals surface area contributed by atoms with Gasteiger partial charge in [-0.2, -0.15) is 0 Å². The molecule has 5 nitrogen and oxygen atoms in total. The number of benzene rings is 2.